The van der Waals surface area contributed by atoms with Gasteiger partial charge in [0.05, 0.1) is 8.80 Å². The zero-order valence-corrected chi connectivity index (χ0v) is 15.2. The van der Waals surface area contributed by atoms with Crippen LogP contribution >= 0.6 is 0 Å². The lowest BCUT2D eigenvalue weighted by Crippen LogP contribution is -2.29. The van der Waals surface area contributed by atoms with Gasteiger partial charge in [0.25, 0.3) is 0 Å². The number of carboxylic acid groups (broad SMARTS) is 1. The molecule has 4 nitrogen and oxygen atoms in total. The monoisotopic (exact) mass is 330 g/mol. The van der Waals surface area contributed by atoms with Gasteiger partial charge in [0.1, 0.15) is 5.70 Å². The van der Waals surface area contributed by atoms with Crippen LogP contribution in [0.15, 0.2) is 42.1 Å². The Bertz CT molecular complexity index is 648. The van der Waals surface area contributed by atoms with Gasteiger partial charge in [-0.15, -0.1) is 6.58 Å². The summed E-state index contributed by atoms with van der Waals surface area (Å²) >= 11 is 0. The molecule has 0 aromatic heterocycles. The van der Waals surface area contributed by atoms with Crippen LogP contribution in [-0.4, -0.2) is 25.8 Å². The first-order chi connectivity index (χ1) is 10.8. The molecule has 0 fully saturated rings. The molecule has 1 amide bonds. The Labute approximate surface area is 139 Å². The Morgan fingerprint density at radius 2 is 1.96 bits per heavy atom. The predicted octanol–water partition coefficient (Wildman–Crippen LogP) is 2.41. The number of hydrogen-bond donors (Lipinski definition) is 2. The van der Waals surface area contributed by atoms with Gasteiger partial charge in [-0.3, -0.25) is 4.79 Å². The minimum atomic E-state index is -1.11. The zero-order chi connectivity index (χ0) is 17.6. The number of nitrogens with one attached hydrogen (secondary N) is 1. The van der Waals surface area contributed by atoms with Gasteiger partial charge in [0, 0.05) is 6.92 Å². The van der Waals surface area contributed by atoms with Crippen molar-refractivity contribution in [1.29, 1.82) is 0 Å². The second kappa shape index (κ2) is 8.48. The Morgan fingerprint density at radius 3 is 2.43 bits per heavy atom. The van der Waals surface area contributed by atoms with Crippen LogP contribution < -0.4 is 10.5 Å². The number of aliphatic carboxylic acids is 1. The largest absolute Gasteiger partial charge is 0.477 e. The summed E-state index contributed by atoms with van der Waals surface area (Å²) in [5.74, 6) is -1.49. The van der Waals surface area contributed by atoms with Crippen LogP contribution in [0.3, 0.4) is 0 Å². The van der Waals surface area contributed by atoms with Crippen molar-refractivity contribution in [3.05, 3.63) is 53.3 Å². The van der Waals surface area contributed by atoms with E-state index in [4.69, 9.17) is 0 Å². The van der Waals surface area contributed by atoms with Gasteiger partial charge < -0.3 is 10.4 Å². The van der Waals surface area contributed by atoms with Crippen LogP contribution in [0.4, 0.5) is 0 Å². The fraction of sp³-hybridized carbons (Fsp3) is 0.333. The number of carboxylic acids is 1. The van der Waals surface area contributed by atoms with Gasteiger partial charge >= 0.3 is 5.97 Å². The summed E-state index contributed by atoms with van der Waals surface area (Å²) in [5.41, 5.74) is 2.96. The average molecular weight is 330 g/mol. The molecule has 0 saturated heterocycles. The molecule has 1 aromatic rings. The van der Waals surface area contributed by atoms with E-state index in [1.54, 1.807) is 6.92 Å². The maximum absolute atomic E-state index is 11.3. The van der Waals surface area contributed by atoms with Gasteiger partial charge in [-0.1, -0.05) is 42.6 Å². The highest BCUT2D eigenvalue weighted by atomic mass is 28.3. The second-order valence-electron chi connectivity index (χ2n) is 5.80. The van der Waals surface area contributed by atoms with Crippen molar-refractivity contribution in [2.24, 2.45) is 0 Å². The molecular formula is C18H24NO3Si. The molecule has 1 aromatic carbocycles. The van der Waals surface area contributed by atoms with E-state index in [2.05, 4.69) is 43.2 Å². The number of allylic oxidation sites excluding steroid dienone is 2. The highest BCUT2D eigenvalue weighted by Crippen LogP contribution is 2.13. The van der Waals surface area contributed by atoms with E-state index in [9.17, 15) is 14.7 Å². The zero-order valence-electron chi connectivity index (χ0n) is 14.2. The van der Waals surface area contributed by atoms with Crippen molar-refractivity contribution in [3.8, 4) is 0 Å². The number of carbonyl (C=O) groups is 2. The summed E-state index contributed by atoms with van der Waals surface area (Å²) in [6.45, 7) is 11.3. The lowest BCUT2D eigenvalue weighted by atomic mass is 10.0. The molecule has 0 aliphatic heterocycles. The maximum atomic E-state index is 11.3. The molecule has 0 heterocycles. The Morgan fingerprint density at radius 1 is 1.30 bits per heavy atom. The van der Waals surface area contributed by atoms with Crippen LogP contribution in [-0.2, 0) is 22.4 Å². The van der Waals surface area contributed by atoms with E-state index in [1.165, 1.54) is 17.7 Å². The van der Waals surface area contributed by atoms with Crippen molar-refractivity contribution in [3.63, 3.8) is 0 Å². The number of rotatable bonds is 7. The highest BCUT2D eigenvalue weighted by molar-refractivity contribution is 6.71. The Balaban J connectivity index is 3.22. The van der Waals surface area contributed by atoms with E-state index in [1.807, 2.05) is 6.08 Å². The lowest BCUT2D eigenvalue weighted by molar-refractivity contribution is -0.134. The third-order valence-corrected chi connectivity index (χ3v) is 5.03. The molecule has 2 N–H and O–H groups in total. The molecule has 1 radical (unpaired) electrons. The molecule has 0 spiro atoms. The first-order valence-electron chi connectivity index (χ1n) is 7.50. The molecule has 0 saturated carbocycles. The number of carbonyl (C=O) groups excluding carboxylic acids is 1. The Hall–Kier alpha value is -2.14. The summed E-state index contributed by atoms with van der Waals surface area (Å²) in [6, 6.07) is 6.30. The van der Waals surface area contributed by atoms with Gasteiger partial charge in [-0.05, 0) is 36.5 Å². The molecule has 0 bridgehead atoms. The molecule has 0 aliphatic rings. The van der Waals surface area contributed by atoms with Gasteiger partial charge in [0.2, 0.25) is 5.91 Å². The van der Waals surface area contributed by atoms with Crippen molar-refractivity contribution >= 4 is 25.9 Å². The topological polar surface area (TPSA) is 66.4 Å². The number of hydrogen-bond acceptors (Lipinski definition) is 2. The molecule has 0 unspecified atom stereocenters. The van der Waals surface area contributed by atoms with Crippen molar-refractivity contribution < 1.29 is 14.7 Å². The smallest absolute Gasteiger partial charge is 0.352 e. The predicted molar refractivity (Wildman–Crippen MR) is 95.3 cm³/mol. The van der Waals surface area contributed by atoms with E-state index < -0.39 is 14.8 Å². The van der Waals surface area contributed by atoms with Gasteiger partial charge in [-0.2, -0.15) is 0 Å². The summed E-state index contributed by atoms with van der Waals surface area (Å²) in [5, 5.41) is 13.0. The average Bonchev–Trinajstić information content (AvgIpc) is 2.45. The van der Waals surface area contributed by atoms with Crippen LogP contribution in [0.1, 0.15) is 25.0 Å². The lowest BCUT2D eigenvalue weighted by Gasteiger charge is -2.15. The minimum Gasteiger partial charge on any atom is -0.477 e. The number of benzene rings is 1. The fourth-order valence-corrected chi connectivity index (χ4v) is 3.72. The van der Waals surface area contributed by atoms with E-state index in [0.717, 1.165) is 12.0 Å². The normalized spacial score (nSPS) is 11.9. The third-order valence-electron chi connectivity index (χ3n) is 3.49. The third kappa shape index (κ3) is 5.52. The summed E-state index contributed by atoms with van der Waals surface area (Å²) in [4.78, 5) is 22.5. The quantitative estimate of drug-likeness (QED) is 0.458. The molecule has 123 valence electrons. The van der Waals surface area contributed by atoms with E-state index in [0.29, 0.717) is 12.0 Å². The standard InChI is InChI=1S/C18H24NO3Si/c1-6-7-14-8-9-15(16(11-14)23(4)5)10-12(2)17(18(21)22)19-13(3)20/h6,8-9,11H,1,7,10H2,2-5H3,(H,19,20)(H,21,22). The van der Waals surface area contributed by atoms with Crippen LogP contribution in [0.25, 0.3) is 0 Å². The molecule has 23 heavy (non-hydrogen) atoms. The molecule has 1 rings (SSSR count). The summed E-state index contributed by atoms with van der Waals surface area (Å²) in [6.07, 6.45) is 3.21. The van der Waals surface area contributed by atoms with E-state index >= 15 is 0 Å². The first-order valence-corrected chi connectivity index (χ1v) is 10.00. The van der Waals surface area contributed by atoms with Gasteiger partial charge in [0.15, 0.2) is 0 Å². The molecule has 0 atom stereocenters. The SMILES string of the molecule is C=CCc1ccc(CC(C)=C(NC(C)=O)C(=O)O)c([Si](C)C)c1. The van der Waals surface area contributed by atoms with Crippen molar-refractivity contribution in [1.82, 2.24) is 5.32 Å². The van der Waals surface area contributed by atoms with Crippen LogP contribution in [0.2, 0.25) is 13.1 Å². The second-order valence-corrected chi connectivity index (χ2v) is 8.34. The molecular weight excluding hydrogens is 306 g/mol. The maximum Gasteiger partial charge on any atom is 0.352 e. The van der Waals surface area contributed by atoms with E-state index in [-0.39, 0.29) is 11.6 Å². The highest BCUT2D eigenvalue weighted by Gasteiger charge is 2.15. The minimum absolute atomic E-state index is 0.0282. The molecule has 0 aliphatic carbocycles. The molecule has 5 heteroatoms. The van der Waals surface area contributed by atoms with Gasteiger partial charge in [-0.25, -0.2) is 4.79 Å². The van der Waals surface area contributed by atoms with Crippen LogP contribution in [0.5, 0.6) is 0 Å². The summed E-state index contributed by atoms with van der Waals surface area (Å²) < 4.78 is 0. The first kappa shape index (κ1) is 18.9. The number of amides is 1. The van der Waals surface area contributed by atoms with Crippen LogP contribution in [0, 0.1) is 0 Å². The summed E-state index contributed by atoms with van der Waals surface area (Å²) in [7, 11) is -0.687. The Kier molecular flexibility index (Phi) is 6.97. The fourth-order valence-electron chi connectivity index (χ4n) is 2.43. The van der Waals surface area contributed by atoms with Crippen molar-refractivity contribution in [2.45, 2.75) is 39.8 Å². The van der Waals surface area contributed by atoms with Crippen molar-refractivity contribution in [2.75, 3.05) is 0 Å².